The van der Waals surface area contributed by atoms with Crippen LogP contribution in [-0.4, -0.2) is 33.7 Å². The minimum atomic E-state index is 0.501. The smallest absolute Gasteiger partial charge is 0.231 e. The molecule has 1 aliphatic heterocycles. The molecule has 126 valence electrons. The van der Waals surface area contributed by atoms with Gasteiger partial charge in [0.15, 0.2) is 5.11 Å². The van der Waals surface area contributed by atoms with E-state index < -0.39 is 0 Å². The number of hydrogen-bond donors (Lipinski definition) is 2. The Hall–Kier alpha value is -1.43. The molecular weight excluding hydrogens is 306 g/mol. The molecule has 2 fully saturated rings. The van der Waals surface area contributed by atoms with Crippen LogP contribution in [0.4, 0.5) is 11.8 Å². The number of anilines is 2. The maximum Gasteiger partial charge on any atom is 0.231 e. The summed E-state index contributed by atoms with van der Waals surface area (Å²) >= 11 is 5.42. The van der Waals surface area contributed by atoms with Gasteiger partial charge in [0, 0.05) is 30.4 Å². The summed E-state index contributed by atoms with van der Waals surface area (Å²) in [6, 6.07) is 3.11. The van der Waals surface area contributed by atoms with Crippen LogP contribution >= 0.6 is 12.2 Å². The number of piperidine rings is 1. The van der Waals surface area contributed by atoms with E-state index in [0.717, 1.165) is 18.1 Å². The highest BCUT2D eigenvalue weighted by atomic mass is 32.1. The molecule has 1 saturated carbocycles. The van der Waals surface area contributed by atoms with Crippen LogP contribution in [0.15, 0.2) is 6.07 Å². The summed E-state index contributed by atoms with van der Waals surface area (Å²) in [7, 11) is 0. The van der Waals surface area contributed by atoms with Crippen LogP contribution in [0.5, 0.6) is 0 Å². The number of nitrogens with zero attached hydrogens (tertiary/aromatic N) is 3. The van der Waals surface area contributed by atoms with Gasteiger partial charge in [0.2, 0.25) is 5.95 Å². The molecule has 6 heteroatoms. The Labute approximate surface area is 144 Å². The molecule has 5 nitrogen and oxygen atoms in total. The number of hydrogen-bond acceptors (Lipinski definition) is 4. The Balaban J connectivity index is 1.68. The zero-order valence-corrected chi connectivity index (χ0v) is 15.0. The van der Waals surface area contributed by atoms with Gasteiger partial charge in [0.25, 0.3) is 0 Å². The van der Waals surface area contributed by atoms with Gasteiger partial charge in [0.1, 0.15) is 5.82 Å². The fourth-order valence-electron chi connectivity index (χ4n) is 3.59. The minimum absolute atomic E-state index is 0.501. The lowest BCUT2D eigenvalue weighted by molar-refractivity contribution is 0.481. The summed E-state index contributed by atoms with van der Waals surface area (Å²) in [5.74, 6) is 1.61. The lowest BCUT2D eigenvalue weighted by Gasteiger charge is -2.34. The second-order valence-corrected chi connectivity index (χ2v) is 7.22. The first-order chi connectivity index (χ1) is 11.1. The monoisotopic (exact) mass is 333 g/mol. The van der Waals surface area contributed by atoms with E-state index >= 15 is 0 Å². The van der Waals surface area contributed by atoms with Crippen LogP contribution in [0.2, 0.25) is 0 Å². The van der Waals surface area contributed by atoms with Gasteiger partial charge in [-0.1, -0.05) is 12.8 Å². The number of aryl methyl sites for hydroxylation is 1. The fourth-order valence-corrected chi connectivity index (χ4v) is 3.84. The van der Waals surface area contributed by atoms with E-state index in [9.17, 15) is 0 Å². The van der Waals surface area contributed by atoms with Crippen LogP contribution in [0.25, 0.3) is 0 Å². The highest BCUT2D eigenvalue weighted by Gasteiger charge is 2.21. The summed E-state index contributed by atoms with van der Waals surface area (Å²) in [5.41, 5.74) is 0.971. The molecule has 3 rings (SSSR count). The molecule has 1 unspecified atom stereocenters. The van der Waals surface area contributed by atoms with E-state index in [2.05, 4.69) is 33.5 Å². The number of thiocarbonyl (C=S) groups is 1. The van der Waals surface area contributed by atoms with Gasteiger partial charge < -0.3 is 15.5 Å². The molecule has 0 radical (unpaired) electrons. The van der Waals surface area contributed by atoms with Crippen molar-refractivity contribution < 1.29 is 0 Å². The number of nitrogens with one attached hydrogen (secondary N) is 2. The molecule has 1 saturated heterocycles. The SMILES string of the molecule is Cc1cc(N2CCCCC2C)nc(NC(=S)NC2CCCC2)n1. The molecule has 0 spiro atoms. The topological polar surface area (TPSA) is 53.1 Å². The quantitative estimate of drug-likeness (QED) is 0.827. The molecule has 1 atom stereocenters. The van der Waals surface area contributed by atoms with Gasteiger partial charge in [-0.25, -0.2) is 4.98 Å². The summed E-state index contributed by atoms with van der Waals surface area (Å²) in [6.07, 6.45) is 8.75. The highest BCUT2D eigenvalue weighted by molar-refractivity contribution is 7.80. The molecule has 2 heterocycles. The van der Waals surface area contributed by atoms with Gasteiger partial charge >= 0.3 is 0 Å². The molecule has 2 N–H and O–H groups in total. The Morgan fingerprint density at radius 2 is 1.91 bits per heavy atom. The van der Waals surface area contributed by atoms with Crippen LogP contribution in [0, 0.1) is 6.92 Å². The lowest BCUT2D eigenvalue weighted by Crippen LogP contribution is -2.39. The third-order valence-corrected chi connectivity index (χ3v) is 5.07. The van der Waals surface area contributed by atoms with Crippen molar-refractivity contribution in [2.75, 3.05) is 16.8 Å². The zero-order valence-electron chi connectivity index (χ0n) is 14.1. The molecule has 0 bridgehead atoms. The molecule has 1 aliphatic carbocycles. The van der Waals surface area contributed by atoms with Crippen molar-refractivity contribution in [3.8, 4) is 0 Å². The van der Waals surface area contributed by atoms with Gasteiger partial charge in [-0.15, -0.1) is 0 Å². The minimum Gasteiger partial charge on any atom is -0.360 e. The van der Waals surface area contributed by atoms with Crippen molar-refractivity contribution >= 4 is 29.1 Å². The van der Waals surface area contributed by atoms with Crippen molar-refractivity contribution in [1.82, 2.24) is 15.3 Å². The van der Waals surface area contributed by atoms with E-state index in [4.69, 9.17) is 17.2 Å². The van der Waals surface area contributed by atoms with E-state index in [0.29, 0.717) is 23.1 Å². The fraction of sp³-hybridized carbons (Fsp3) is 0.706. The standard InChI is InChI=1S/C17H27N5S/c1-12-11-15(22-10-6-5-7-13(22)2)20-16(18-12)21-17(23)19-14-8-3-4-9-14/h11,13-14H,3-10H2,1-2H3,(H2,18,19,20,21,23). The van der Waals surface area contributed by atoms with Gasteiger partial charge in [-0.3, -0.25) is 0 Å². The Morgan fingerprint density at radius 1 is 1.17 bits per heavy atom. The van der Waals surface area contributed by atoms with Crippen LogP contribution in [-0.2, 0) is 0 Å². The van der Waals surface area contributed by atoms with E-state index in [1.165, 1.54) is 44.9 Å². The van der Waals surface area contributed by atoms with Crippen molar-refractivity contribution in [3.63, 3.8) is 0 Å². The summed E-state index contributed by atoms with van der Waals surface area (Å²) in [6.45, 7) is 5.36. The van der Waals surface area contributed by atoms with Crippen LogP contribution in [0.1, 0.15) is 57.6 Å². The summed E-state index contributed by atoms with van der Waals surface area (Å²) in [5, 5.41) is 7.20. The zero-order chi connectivity index (χ0) is 16.2. The largest absolute Gasteiger partial charge is 0.360 e. The normalized spacial score (nSPS) is 22.2. The molecular formula is C17H27N5S. The van der Waals surface area contributed by atoms with Gasteiger partial charge in [-0.05, 0) is 58.2 Å². The molecule has 0 aromatic carbocycles. The molecule has 0 amide bonds. The van der Waals surface area contributed by atoms with Crippen molar-refractivity contribution in [1.29, 1.82) is 0 Å². The lowest BCUT2D eigenvalue weighted by atomic mass is 10.0. The van der Waals surface area contributed by atoms with Gasteiger partial charge in [-0.2, -0.15) is 4.98 Å². The first-order valence-corrected chi connectivity index (χ1v) is 9.22. The molecule has 1 aromatic rings. The third kappa shape index (κ3) is 4.31. The first-order valence-electron chi connectivity index (χ1n) is 8.81. The Kier molecular flexibility index (Phi) is 5.30. The maximum atomic E-state index is 5.42. The average Bonchev–Trinajstić information content (AvgIpc) is 2.99. The Morgan fingerprint density at radius 3 is 2.65 bits per heavy atom. The van der Waals surface area contributed by atoms with E-state index in [-0.39, 0.29) is 0 Å². The Bertz CT molecular complexity index is 556. The second-order valence-electron chi connectivity index (χ2n) is 6.81. The van der Waals surface area contributed by atoms with Crippen LogP contribution < -0.4 is 15.5 Å². The summed E-state index contributed by atoms with van der Waals surface area (Å²) in [4.78, 5) is 11.6. The maximum absolute atomic E-state index is 5.42. The first kappa shape index (κ1) is 16.4. The number of rotatable bonds is 3. The van der Waals surface area contributed by atoms with Crippen molar-refractivity contribution in [2.45, 2.75) is 70.9 Å². The number of aromatic nitrogens is 2. The summed E-state index contributed by atoms with van der Waals surface area (Å²) < 4.78 is 0. The van der Waals surface area contributed by atoms with Crippen molar-refractivity contribution in [2.24, 2.45) is 0 Å². The predicted molar refractivity (Wildman–Crippen MR) is 99.0 cm³/mol. The van der Waals surface area contributed by atoms with Gasteiger partial charge in [0.05, 0.1) is 0 Å². The third-order valence-electron chi connectivity index (χ3n) is 4.85. The average molecular weight is 334 g/mol. The highest BCUT2D eigenvalue weighted by Crippen LogP contribution is 2.24. The molecule has 23 heavy (non-hydrogen) atoms. The second kappa shape index (κ2) is 7.43. The predicted octanol–water partition coefficient (Wildman–Crippen LogP) is 3.39. The van der Waals surface area contributed by atoms with Crippen molar-refractivity contribution in [3.05, 3.63) is 11.8 Å². The molecule has 2 aliphatic rings. The molecule has 1 aromatic heterocycles. The van der Waals surface area contributed by atoms with E-state index in [1.54, 1.807) is 0 Å². The van der Waals surface area contributed by atoms with Crippen LogP contribution in [0.3, 0.4) is 0 Å². The van der Waals surface area contributed by atoms with E-state index in [1.807, 2.05) is 6.92 Å².